The Bertz CT molecular complexity index is 1040. The third kappa shape index (κ3) is 4.41. The number of ether oxygens (including phenoxy) is 1. The van der Waals surface area contributed by atoms with Gasteiger partial charge in [0.25, 0.3) is 5.91 Å². The molecule has 1 aromatic heterocycles. The van der Waals surface area contributed by atoms with Crippen LogP contribution in [0.15, 0.2) is 23.1 Å². The average molecular weight is 447 g/mol. The van der Waals surface area contributed by atoms with Gasteiger partial charge in [-0.1, -0.05) is 6.42 Å². The number of aromatic nitrogens is 3. The molecule has 3 rings (SSSR count). The maximum atomic E-state index is 13.2. The number of methoxy groups -OCH3 is 1. The minimum Gasteiger partial charge on any atom is -0.495 e. The van der Waals surface area contributed by atoms with Crippen molar-refractivity contribution in [2.24, 2.45) is 0 Å². The SMILES string of the molecule is COc1ccc(C(=O)Nc2n[nH]c(C(F)(F)F)n2)cc1S(=O)(=O)N1CCCCC1C. The fourth-order valence-electron chi connectivity index (χ4n) is 3.19. The third-order valence-electron chi connectivity index (χ3n) is 4.73. The summed E-state index contributed by atoms with van der Waals surface area (Å²) < 4.78 is 70.7. The number of amides is 1. The lowest BCUT2D eigenvalue weighted by atomic mass is 10.1. The number of benzene rings is 1. The molecule has 1 amide bonds. The van der Waals surface area contributed by atoms with E-state index in [0.717, 1.165) is 18.9 Å². The summed E-state index contributed by atoms with van der Waals surface area (Å²) in [5, 5.41) is 7.09. The van der Waals surface area contributed by atoms with Crippen LogP contribution in [0.2, 0.25) is 0 Å². The fourth-order valence-corrected chi connectivity index (χ4v) is 5.08. The highest BCUT2D eigenvalue weighted by Gasteiger charge is 2.36. The summed E-state index contributed by atoms with van der Waals surface area (Å²) >= 11 is 0. The van der Waals surface area contributed by atoms with E-state index in [9.17, 15) is 26.4 Å². The van der Waals surface area contributed by atoms with E-state index in [2.05, 4.69) is 15.4 Å². The van der Waals surface area contributed by atoms with Crippen molar-refractivity contribution in [3.8, 4) is 5.75 Å². The van der Waals surface area contributed by atoms with Gasteiger partial charge in [0.15, 0.2) is 0 Å². The molecule has 9 nitrogen and oxygen atoms in total. The van der Waals surface area contributed by atoms with Crippen LogP contribution in [-0.2, 0) is 16.2 Å². The van der Waals surface area contributed by atoms with Crippen molar-refractivity contribution in [1.82, 2.24) is 19.5 Å². The second-order valence-electron chi connectivity index (χ2n) is 6.79. The molecule has 2 aromatic rings. The summed E-state index contributed by atoms with van der Waals surface area (Å²) in [6.45, 7) is 2.15. The fraction of sp³-hybridized carbons (Fsp3) is 0.471. The van der Waals surface area contributed by atoms with Gasteiger partial charge in [-0.2, -0.15) is 22.5 Å². The van der Waals surface area contributed by atoms with Crippen molar-refractivity contribution >= 4 is 21.9 Å². The number of aromatic amines is 1. The number of sulfonamides is 1. The van der Waals surface area contributed by atoms with Crippen molar-refractivity contribution in [2.75, 3.05) is 19.0 Å². The van der Waals surface area contributed by atoms with Gasteiger partial charge in [0.2, 0.25) is 21.8 Å². The molecule has 164 valence electrons. The molecular weight excluding hydrogens is 427 g/mol. The lowest BCUT2D eigenvalue weighted by molar-refractivity contribution is -0.144. The molecule has 1 aliphatic rings. The van der Waals surface area contributed by atoms with Crippen LogP contribution in [0.4, 0.5) is 19.1 Å². The standard InChI is InChI=1S/C17H20F3N5O4S/c1-10-5-3-4-8-25(10)30(27,28)13-9-11(6-7-12(13)29-2)14(26)21-16-22-15(23-24-16)17(18,19)20/h6-7,9-10H,3-5,8H2,1-2H3,(H2,21,22,23,24,26). The first kappa shape index (κ1) is 22.0. The Morgan fingerprint density at radius 1 is 1.33 bits per heavy atom. The highest BCUT2D eigenvalue weighted by molar-refractivity contribution is 7.89. The highest BCUT2D eigenvalue weighted by Crippen LogP contribution is 2.32. The van der Waals surface area contributed by atoms with E-state index in [1.165, 1.54) is 23.5 Å². The smallest absolute Gasteiger partial charge is 0.451 e. The summed E-state index contributed by atoms with van der Waals surface area (Å²) in [5.41, 5.74) is -0.0996. The molecule has 1 fully saturated rings. The monoisotopic (exact) mass is 447 g/mol. The number of nitrogens with zero attached hydrogens (tertiary/aromatic N) is 3. The molecule has 2 N–H and O–H groups in total. The zero-order valence-electron chi connectivity index (χ0n) is 16.2. The van der Waals surface area contributed by atoms with Gasteiger partial charge in [-0.05, 0) is 38.0 Å². The number of carbonyl (C=O) groups excluding carboxylic acids is 1. The molecule has 1 unspecified atom stereocenters. The molecule has 2 heterocycles. The Labute approximate surface area is 170 Å². The van der Waals surface area contributed by atoms with E-state index >= 15 is 0 Å². The number of rotatable bonds is 5. The van der Waals surface area contributed by atoms with E-state index in [1.807, 2.05) is 0 Å². The van der Waals surface area contributed by atoms with Crippen LogP contribution in [-0.4, -0.2) is 53.5 Å². The first-order chi connectivity index (χ1) is 14.0. The highest BCUT2D eigenvalue weighted by atomic mass is 32.2. The summed E-state index contributed by atoms with van der Waals surface area (Å²) in [5.74, 6) is -2.76. The van der Waals surface area contributed by atoms with Gasteiger partial charge in [0.1, 0.15) is 10.6 Å². The molecule has 0 saturated carbocycles. The predicted octanol–water partition coefficient (Wildman–Crippen LogP) is 2.65. The lowest BCUT2D eigenvalue weighted by Crippen LogP contribution is -2.42. The van der Waals surface area contributed by atoms with Crippen molar-refractivity contribution in [3.05, 3.63) is 29.6 Å². The summed E-state index contributed by atoms with van der Waals surface area (Å²) in [6.07, 6.45) is -2.39. The summed E-state index contributed by atoms with van der Waals surface area (Å²) in [6, 6.07) is 3.53. The number of nitrogens with one attached hydrogen (secondary N) is 2. The molecule has 1 aromatic carbocycles. The van der Waals surface area contributed by atoms with Crippen molar-refractivity contribution < 1.29 is 31.1 Å². The Kier molecular flexibility index (Phi) is 6.04. The van der Waals surface area contributed by atoms with Gasteiger partial charge in [-0.25, -0.2) is 8.42 Å². The topological polar surface area (TPSA) is 117 Å². The van der Waals surface area contributed by atoms with Gasteiger partial charge in [0.05, 0.1) is 7.11 Å². The van der Waals surface area contributed by atoms with Crippen LogP contribution in [0.25, 0.3) is 0 Å². The minimum atomic E-state index is -4.75. The van der Waals surface area contributed by atoms with Crippen molar-refractivity contribution in [2.45, 2.75) is 43.3 Å². The van der Waals surface area contributed by atoms with Gasteiger partial charge < -0.3 is 4.74 Å². The van der Waals surface area contributed by atoms with Crippen LogP contribution in [0, 0.1) is 0 Å². The molecule has 30 heavy (non-hydrogen) atoms. The van der Waals surface area contributed by atoms with Crippen LogP contribution in [0.1, 0.15) is 42.4 Å². The molecule has 1 atom stereocenters. The summed E-state index contributed by atoms with van der Waals surface area (Å²) in [7, 11) is -2.65. The molecule has 0 radical (unpaired) electrons. The molecule has 0 aliphatic carbocycles. The lowest BCUT2D eigenvalue weighted by Gasteiger charge is -2.32. The number of anilines is 1. The van der Waals surface area contributed by atoms with E-state index < -0.39 is 33.9 Å². The Morgan fingerprint density at radius 3 is 2.67 bits per heavy atom. The van der Waals surface area contributed by atoms with E-state index in [1.54, 1.807) is 12.0 Å². The number of halogens is 3. The third-order valence-corrected chi connectivity index (χ3v) is 6.77. The number of piperidine rings is 1. The van der Waals surface area contributed by atoms with Gasteiger partial charge in [-0.15, -0.1) is 5.10 Å². The van der Waals surface area contributed by atoms with Crippen molar-refractivity contribution in [3.63, 3.8) is 0 Å². The predicted molar refractivity (Wildman–Crippen MR) is 99.5 cm³/mol. The number of carbonyl (C=O) groups is 1. The molecule has 0 spiro atoms. The molecule has 1 saturated heterocycles. The second-order valence-corrected chi connectivity index (χ2v) is 8.64. The number of H-pyrrole nitrogens is 1. The molecule has 13 heteroatoms. The van der Waals surface area contributed by atoms with Gasteiger partial charge in [0, 0.05) is 18.2 Å². The van der Waals surface area contributed by atoms with Crippen molar-refractivity contribution in [1.29, 1.82) is 0 Å². The van der Waals surface area contributed by atoms with Crippen LogP contribution < -0.4 is 10.1 Å². The average Bonchev–Trinajstić information content (AvgIpc) is 3.16. The zero-order chi connectivity index (χ0) is 22.1. The molecular formula is C17H20F3N5O4S. The number of hydrogen-bond acceptors (Lipinski definition) is 6. The van der Waals surface area contributed by atoms with E-state index in [-0.39, 0.29) is 22.3 Å². The van der Waals surface area contributed by atoms with Crippen LogP contribution in [0.3, 0.4) is 0 Å². The first-order valence-corrected chi connectivity index (χ1v) is 10.5. The van der Waals surface area contributed by atoms with Gasteiger partial charge >= 0.3 is 6.18 Å². The van der Waals surface area contributed by atoms with Gasteiger partial charge in [-0.3, -0.25) is 15.2 Å². The maximum Gasteiger partial charge on any atom is 0.451 e. The zero-order valence-corrected chi connectivity index (χ0v) is 17.0. The Morgan fingerprint density at radius 2 is 2.07 bits per heavy atom. The Hall–Kier alpha value is -2.67. The molecule has 0 bridgehead atoms. The maximum absolute atomic E-state index is 13.2. The normalized spacial score (nSPS) is 18.2. The summed E-state index contributed by atoms with van der Waals surface area (Å²) in [4.78, 5) is 15.4. The quantitative estimate of drug-likeness (QED) is 0.728. The van der Waals surface area contributed by atoms with Crippen LogP contribution in [0.5, 0.6) is 5.75 Å². The number of alkyl halides is 3. The molecule has 1 aliphatic heterocycles. The number of hydrogen-bond donors (Lipinski definition) is 2. The van der Waals surface area contributed by atoms with Crippen LogP contribution >= 0.6 is 0 Å². The first-order valence-electron chi connectivity index (χ1n) is 9.05. The van der Waals surface area contributed by atoms with E-state index in [0.29, 0.717) is 13.0 Å². The minimum absolute atomic E-state index is 0.0570. The second kappa shape index (κ2) is 8.22. The van der Waals surface area contributed by atoms with E-state index in [4.69, 9.17) is 4.74 Å². The Balaban J connectivity index is 1.90. The largest absolute Gasteiger partial charge is 0.495 e.